The highest BCUT2D eigenvalue weighted by atomic mass is 32.1. The van der Waals surface area contributed by atoms with Crippen molar-refractivity contribution in [1.82, 2.24) is 5.32 Å². The second kappa shape index (κ2) is 6.23. The van der Waals surface area contributed by atoms with Crippen LogP contribution in [0.25, 0.3) is 0 Å². The molecule has 1 fully saturated rings. The van der Waals surface area contributed by atoms with Crippen LogP contribution in [0.3, 0.4) is 0 Å². The monoisotopic (exact) mass is 277 g/mol. The lowest BCUT2D eigenvalue weighted by Gasteiger charge is -2.19. The Morgan fingerprint density at radius 3 is 2.95 bits per heavy atom. The molecular weight excluding hydrogens is 258 g/mol. The van der Waals surface area contributed by atoms with Crippen LogP contribution in [0.5, 0.6) is 0 Å². The van der Waals surface area contributed by atoms with Crippen LogP contribution in [-0.4, -0.2) is 23.7 Å². The number of rotatable bonds is 2. The van der Waals surface area contributed by atoms with E-state index in [4.69, 9.17) is 5.11 Å². The van der Waals surface area contributed by atoms with Gasteiger partial charge in [0.05, 0.1) is 0 Å². The number of amides is 1. The van der Waals surface area contributed by atoms with Gasteiger partial charge in [-0.2, -0.15) is 0 Å². The normalized spacial score (nSPS) is 25.7. The van der Waals surface area contributed by atoms with E-state index >= 15 is 0 Å². The van der Waals surface area contributed by atoms with E-state index < -0.39 is 0 Å². The minimum atomic E-state index is -0.186. The molecule has 1 saturated carbocycles. The van der Waals surface area contributed by atoms with E-state index in [1.165, 1.54) is 17.8 Å². The first-order chi connectivity index (χ1) is 9.13. The van der Waals surface area contributed by atoms with Crippen LogP contribution in [0.4, 0.5) is 0 Å². The molecule has 0 radical (unpaired) electrons. The zero-order valence-corrected chi connectivity index (χ0v) is 12.1. The van der Waals surface area contributed by atoms with Crippen molar-refractivity contribution in [1.29, 1.82) is 0 Å². The van der Waals surface area contributed by atoms with Crippen LogP contribution in [0, 0.1) is 23.7 Å². The highest BCUT2D eigenvalue weighted by Gasteiger charge is 2.31. The van der Waals surface area contributed by atoms with Crippen molar-refractivity contribution in [3.05, 3.63) is 21.9 Å². The van der Waals surface area contributed by atoms with Crippen molar-refractivity contribution in [2.24, 2.45) is 11.8 Å². The van der Waals surface area contributed by atoms with Gasteiger partial charge in [0.2, 0.25) is 0 Å². The summed E-state index contributed by atoms with van der Waals surface area (Å²) in [5.74, 6) is 6.56. The molecule has 19 heavy (non-hydrogen) atoms. The zero-order chi connectivity index (χ0) is 13.8. The molecular formula is C15H19NO2S. The van der Waals surface area contributed by atoms with E-state index in [1.807, 2.05) is 11.4 Å². The molecule has 1 aliphatic rings. The molecule has 3 unspecified atom stereocenters. The molecule has 3 nitrogen and oxygen atoms in total. The summed E-state index contributed by atoms with van der Waals surface area (Å²) < 4.78 is 0. The Labute approximate surface area is 118 Å². The van der Waals surface area contributed by atoms with Gasteiger partial charge in [-0.3, -0.25) is 4.79 Å². The minimum absolute atomic E-state index is 0.0387. The Morgan fingerprint density at radius 1 is 1.53 bits per heavy atom. The van der Waals surface area contributed by atoms with Gasteiger partial charge in [-0.05, 0) is 36.1 Å². The number of aliphatic hydroxyl groups excluding tert-OH is 1. The fourth-order valence-corrected chi connectivity index (χ4v) is 3.27. The van der Waals surface area contributed by atoms with E-state index in [-0.39, 0.29) is 18.6 Å². The van der Waals surface area contributed by atoms with E-state index in [1.54, 1.807) is 0 Å². The Kier molecular flexibility index (Phi) is 4.62. The van der Waals surface area contributed by atoms with Gasteiger partial charge < -0.3 is 10.4 Å². The maximum Gasteiger partial charge on any atom is 0.262 e. The molecule has 0 aromatic carbocycles. The predicted molar refractivity (Wildman–Crippen MR) is 77.1 cm³/mol. The molecule has 0 bridgehead atoms. The summed E-state index contributed by atoms with van der Waals surface area (Å²) in [6, 6.07) is 2.09. The molecule has 102 valence electrons. The summed E-state index contributed by atoms with van der Waals surface area (Å²) in [5, 5.41) is 13.7. The predicted octanol–water partition coefficient (Wildman–Crippen LogP) is 2.26. The van der Waals surface area contributed by atoms with Crippen molar-refractivity contribution in [2.75, 3.05) is 6.61 Å². The quantitative estimate of drug-likeness (QED) is 0.815. The first kappa shape index (κ1) is 14.1. The number of carbonyl (C=O) groups is 1. The number of thiophene rings is 1. The number of nitrogens with one attached hydrogen (secondary N) is 1. The van der Waals surface area contributed by atoms with E-state index in [0.29, 0.717) is 22.3 Å². The molecule has 1 heterocycles. The standard InChI is InChI=1S/C15H19NO2S/c1-10-5-6-13(11(10)2)16-15(18)14-12(4-3-8-17)7-9-19-14/h7,9-11,13,17H,5-6,8H2,1-2H3,(H,16,18). The van der Waals surface area contributed by atoms with Crippen LogP contribution in [0.15, 0.2) is 11.4 Å². The maximum atomic E-state index is 12.3. The first-order valence-corrected chi connectivity index (χ1v) is 7.49. The highest BCUT2D eigenvalue weighted by Crippen LogP contribution is 2.31. The lowest BCUT2D eigenvalue weighted by atomic mass is 9.98. The Balaban J connectivity index is 2.06. The summed E-state index contributed by atoms with van der Waals surface area (Å²) >= 11 is 1.40. The summed E-state index contributed by atoms with van der Waals surface area (Å²) in [4.78, 5) is 12.9. The first-order valence-electron chi connectivity index (χ1n) is 6.61. The molecule has 1 aromatic rings. The van der Waals surface area contributed by atoms with Gasteiger partial charge in [0.25, 0.3) is 5.91 Å². The third kappa shape index (κ3) is 3.17. The average Bonchev–Trinajstić information content (AvgIpc) is 2.98. The molecule has 2 N–H and O–H groups in total. The van der Waals surface area contributed by atoms with Gasteiger partial charge in [0.1, 0.15) is 11.5 Å². The molecule has 3 atom stereocenters. The maximum absolute atomic E-state index is 12.3. The van der Waals surface area contributed by atoms with Gasteiger partial charge in [-0.15, -0.1) is 11.3 Å². The number of hydrogen-bond donors (Lipinski definition) is 2. The lowest BCUT2D eigenvalue weighted by molar-refractivity contribution is 0.0931. The Morgan fingerprint density at radius 2 is 2.32 bits per heavy atom. The summed E-state index contributed by atoms with van der Waals surface area (Å²) in [6.45, 7) is 4.25. The Bertz CT molecular complexity index is 512. The molecule has 0 spiro atoms. The average molecular weight is 277 g/mol. The van der Waals surface area contributed by atoms with Crippen molar-refractivity contribution in [3.63, 3.8) is 0 Å². The van der Waals surface area contributed by atoms with Crippen LogP contribution in [0.1, 0.15) is 41.9 Å². The highest BCUT2D eigenvalue weighted by molar-refractivity contribution is 7.12. The summed E-state index contributed by atoms with van der Waals surface area (Å²) in [5.41, 5.74) is 0.704. The molecule has 2 rings (SSSR count). The smallest absolute Gasteiger partial charge is 0.262 e. The van der Waals surface area contributed by atoms with Gasteiger partial charge in [0, 0.05) is 11.6 Å². The fraction of sp³-hybridized carbons (Fsp3) is 0.533. The van der Waals surface area contributed by atoms with Crippen LogP contribution in [-0.2, 0) is 0 Å². The minimum Gasteiger partial charge on any atom is -0.384 e. The molecule has 1 aliphatic carbocycles. The Hall–Kier alpha value is -1.31. The molecule has 0 saturated heterocycles. The van der Waals surface area contributed by atoms with Crippen molar-refractivity contribution >= 4 is 17.2 Å². The largest absolute Gasteiger partial charge is 0.384 e. The fourth-order valence-electron chi connectivity index (χ4n) is 2.52. The lowest BCUT2D eigenvalue weighted by Crippen LogP contribution is -2.37. The van der Waals surface area contributed by atoms with Crippen molar-refractivity contribution in [3.8, 4) is 11.8 Å². The van der Waals surface area contributed by atoms with E-state index in [2.05, 4.69) is 31.0 Å². The third-order valence-corrected chi connectivity index (χ3v) is 4.87. The van der Waals surface area contributed by atoms with Gasteiger partial charge in [-0.1, -0.05) is 25.7 Å². The number of hydrogen-bond acceptors (Lipinski definition) is 3. The van der Waals surface area contributed by atoms with Gasteiger partial charge in [-0.25, -0.2) is 0 Å². The number of carbonyl (C=O) groups excluding carboxylic acids is 1. The van der Waals surface area contributed by atoms with Crippen LogP contribution in [0.2, 0.25) is 0 Å². The third-order valence-electron chi connectivity index (χ3n) is 3.96. The van der Waals surface area contributed by atoms with Crippen molar-refractivity contribution in [2.45, 2.75) is 32.7 Å². The SMILES string of the molecule is CC1CCC(NC(=O)c2sccc2C#CCO)C1C. The van der Waals surface area contributed by atoms with Gasteiger partial charge in [0.15, 0.2) is 0 Å². The molecule has 4 heteroatoms. The molecule has 1 aromatic heterocycles. The molecule has 0 aliphatic heterocycles. The second-order valence-corrected chi connectivity index (χ2v) is 6.03. The second-order valence-electron chi connectivity index (χ2n) is 5.12. The number of aliphatic hydroxyl groups is 1. The zero-order valence-electron chi connectivity index (χ0n) is 11.3. The van der Waals surface area contributed by atoms with Crippen molar-refractivity contribution < 1.29 is 9.90 Å². The van der Waals surface area contributed by atoms with Gasteiger partial charge >= 0.3 is 0 Å². The topological polar surface area (TPSA) is 49.3 Å². The van der Waals surface area contributed by atoms with Crippen LogP contribution >= 0.6 is 11.3 Å². The van der Waals surface area contributed by atoms with E-state index in [9.17, 15) is 4.79 Å². The summed E-state index contributed by atoms with van der Waals surface area (Å²) in [6.07, 6.45) is 2.23. The summed E-state index contributed by atoms with van der Waals surface area (Å²) in [7, 11) is 0. The molecule has 1 amide bonds. The van der Waals surface area contributed by atoms with E-state index in [0.717, 1.165) is 6.42 Å². The van der Waals surface area contributed by atoms with Crippen LogP contribution < -0.4 is 5.32 Å².